The molecule has 1 heterocycles. The van der Waals surface area contributed by atoms with Gasteiger partial charge in [-0.1, -0.05) is 26.8 Å². The third kappa shape index (κ3) is 9.57. The van der Waals surface area contributed by atoms with Crippen LogP contribution in [0.1, 0.15) is 70.7 Å². The van der Waals surface area contributed by atoms with Crippen molar-refractivity contribution in [3.63, 3.8) is 0 Å². The van der Waals surface area contributed by atoms with Crippen molar-refractivity contribution in [3.05, 3.63) is 29.6 Å². The summed E-state index contributed by atoms with van der Waals surface area (Å²) in [5.74, 6) is -1.22. The van der Waals surface area contributed by atoms with Crippen LogP contribution in [0.4, 0.5) is 29.7 Å². The molecule has 0 aliphatic heterocycles. The molecule has 36 heavy (non-hydrogen) atoms. The molecule has 1 atom stereocenters. The van der Waals surface area contributed by atoms with Gasteiger partial charge in [0.05, 0.1) is 24.4 Å². The Bertz CT molecular complexity index is 953. The van der Waals surface area contributed by atoms with E-state index in [4.69, 9.17) is 9.47 Å². The average molecular weight is 531 g/mol. The lowest BCUT2D eigenvalue weighted by atomic mass is 9.96. The van der Waals surface area contributed by atoms with Crippen LogP contribution in [-0.2, 0) is 20.4 Å². The number of esters is 1. The second kappa shape index (κ2) is 14.4. The molecule has 0 radical (unpaired) electrons. The van der Waals surface area contributed by atoms with E-state index < -0.39 is 12.0 Å². The lowest BCUT2D eigenvalue weighted by molar-refractivity contribution is -0.144. The minimum atomic E-state index is -4.61. The van der Waals surface area contributed by atoms with Crippen molar-refractivity contribution in [2.45, 2.75) is 65.5 Å². The summed E-state index contributed by atoms with van der Waals surface area (Å²) in [4.78, 5) is 17.9. The second-order valence-corrected chi connectivity index (χ2v) is 9.88. The quantitative estimate of drug-likeness (QED) is 0.204. The highest BCUT2D eigenvalue weighted by molar-refractivity contribution is 7.09. The van der Waals surface area contributed by atoms with E-state index in [1.165, 1.54) is 0 Å². The smallest absolute Gasteiger partial charge is 0.452 e. The summed E-state index contributed by atoms with van der Waals surface area (Å²) < 4.78 is 52.9. The summed E-state index contributed by atoms with van der Waals surface area (Å²) in [6, 6.07) is 5.80. The number of hydrogen-bond acceptors (Lipinski definition) is 8. The zero-order chi connectivity index (χ0) is 26.7. The molecule has 202 valence electrons. The number of aromatic nitrogens is 2. The maximum atomic E-state index is 13.1. The minimum absolute atomic E-state index is 0.0587. The Hall–Kier alpha value is -2.40. The van der Waals surface area contributed by atoms with Gasteiger partial charge >= 0.3 is 12.1 Å². The lowest BCUT2D eigenvalue weighted by Gasteiger charge is -2.29. The van der Waals surface area contributed by atoms with Crippen LogP contribution in [0.15, 0.2) is 18.2 Å². The summed E-state index contributed by atoms with van der Waals surface area (Å²) >= 11 is 0.665. The molecule has 0 unspecified atom stereocenters. The van der Waals surface area contributed by atoms with Crippen LogP contribution < -0.4 is 10.2 Å². The standard InChI is InChI=1S/C25H37F3N4O3S/c1-6-35-22(33)14-18(4)19-10-11-21(32(16-17(2)3)12-8-7-9-13-34-5)20(15-19)29-24-30-23(31-36-24)25(26,27)28/h10-11,15,17-18H,6-9,12-14,16H2,1-5H3,(H,29,30,31)/t18-/m1/s1. The van der Waals surface area contributed by atoms with E-state index in [1.54, 1.807) is 14.0 Å². The number of ether oxygens (including phenoxy) is 2. The van der Waals surface area contributed by atoms with Crippen molar-refractivity contribution in [3.8, 4) is 0 Å². The molecule has 2 aromatic rings. The van der Waals surface area contributed by atoms with Crippen molar-refractivity contribution in [1.82, 2.24) is 9.36 Å². The van der Waals surface area contributed by atoms with Crippen molar-refractivity contribution < 1.29 is 27.4 Å². The number of methoxy groups -OCH3 is 1. The number of alkyl halides is 3. The largest absolute Gasteiger partial charge is 0.466 e. The first-order valence-electron chi connectivity index (χ1n) is 12.3. The molecule has 0 saturated carbocycles. The van der Waals surface area contributed by atoms with Gasteiger partial charge in [0.1, 0.15) is 0 Å². The van der Waals surface area contributed by atoms with Crippen LogP contribution in [0.3, 0.4) is 0 Å². The van der Waals surface area contributed by atoms with Crippen molar-refractivity contribution in [1.29, 1.82) is 0 Å². The normalized spacial score (nSPS) is 12.6. The van der Waals surface area contributed by atoms with Crippen molar-refractivity contribution >= 4 is 34.0 Å². The predicted octanol–water partition coefficient (Wildman–Crippen LogP) is 6.64. The van der Waals surface area contributed by atoms with Gasteiger partial charge in [-0.05, 0) is 55.7 Å². The van der Waals surface area contributed by atoms with E-state index in [1.807, 2.05) is 25.1 Å². The van der Waals surface area contributed by atoms with E-state index in [2.05, 4.69) is 33.4 Å². The molecule has 0 bridgehead atoms. The number of nitrogens with zero attached hydrogens (tertiary/aromatic N) is 3. The van der Waals surface area contributed by atoms with Gasteiger partial charge in [0.2, 0.25) is 11.0 Å². The van der Waals surface area contributed by atoms with Gasteiger partial charge < -0.3 is 19.7 Å². The average Bonchev–Trinajstić information content (AvgIpc) is 3.27. The molecular formula is C25H37F3N4O3S. The minimum Gasteiger partial charge on any atom is -0.466 e. The fraction of sp³-hybridized carbons (Fsp3) is 0.640. The van der Waals surface area contributed by atoms with E-state index in [0.717, 1.165) is 43.6 Å². The zero-order valence-corrected chi connectivity index (χ0v) is 22.5. The number of carbonyl (C=O) groups is 1. The number of rotatable bonds is 15. The highest BCUT2D eigenvalue weighted by atomic mass is 32.1. The Morgan fingerprint density at radius 3 is 2.56 bits per heavy atom. The first-order chi connectivity index (χ1) is 17.0. The van der Waals surface area contributed by atoms with E-state index >= 15 is 0 Å². The molecular weight excluding hydrogens is 493 g/mol. The molecule has 1 aromatic heterocycles. The Labute approximate surface area is 215 Å². The van der Waals surface area contributed by atoms with Crippen LogP contribution in [0.5, 0.6) is 0 Å². The van der Waals surface area contributed by atoms with Gasteiger partial charge in [0.25, 0.3) is 0 Å². The van der Waals surface area contributed by atoms with Gasteiger partial charge in [-0.15, -0.1) is 0 Å². The summed E-state index contributed by atoms with van der Waals surface area (Å²) in [5, 5.41) is 3.13. The molecule has 0 saturated heterocycles. The van der Waals surface area contributed by atoms with Gasteiger partial charge in [-0.25, -0.2) is 0 Å². The molecule has 1 N–H and O–H groups in total. The summed E-state index contributed by atoms with van der Waals surface area (Å²) in [7, 11) is 1.69. The Kier molecular flexibility index (Phi) is 11.9. The molecule has 0 spiro atoms. The molecule has 0 fully saturated rings. The molecule has 2 rings (SSSR count). The summed E-state index contributed by atoms with van der Waals surface area (Å²) in [6.07, 6.45) is -1.48. The lowest BCUT2D eigenvalue weighted by Crippen LogP contribution is -2.29. The Morgan fingerprint density at radius 1 is 1.19 bits per heavy atom. The maximum Gasteiger partial charge on any atom is 0.452 e. The van der Waals surface area contributed by atoms with E-state index in [0.29, 0.717) is 36.4 Å². The predicted molar refractivity (Wildman–Crippen MR) is 137 cm³/mol. The van der Waals surface area contributed by atoms with Crippen LogP contribution in [0.2, 0.25) is 0 Å². The number of hydrogen-bond donors (Lipinski definition) is 1. The first kappa shape index (κ1) is 29.8. The van der Waals surface area contributed by atoms with Crippen molar-refractivity contribution in [2.75, 3.05) is 43.6 Å². The number of nitrogens with one attached hydrogen (secondary N) is 1. The number of benzene rings is 1. The van der Waals surface area contributed by atoms with E-state index in [-0.39, 0.29) is 23.4 Å². The number of unbranched alkanes of at least 4 members (excludes halogenated alkanes) is 2. The number of halogens is 3. The molecule has 0 aliphatic carbocycles. The SMILES string of the molecule is CCOC(=O)C[C@@H](C)c1ccc(N(CCCCCOC)CC(C)C)c(Nc2nc(C(F)(F)F)ns2)c1. The fourth-order valence-electron chi connectivity index (χ4n) is 3.81. The third-order valence-corrected chi connectivity index (χ3v) is 6.12. The van der Waals surface area contributed by atoms with Crippen LogP contribution in [0, 0.1) is 5.92 Å². The monoisotopic (exact) mass is 530 g/mol. The van der Waals surface area contributed by atoms with Gasteiger partial charge in [0, 0.05) is 38.3 Å². The Balaban J connectivity index is 2.37. The number of anilines is 3. The Morgan fingerprint density at radius 2 is 1.94 bits per heavy atom. The van der Waals surface area contributed by atoms with E-state index in [9.17, 15) is 18.0 Å². The summed E-state index contributed by atoms with van der Waals surface area (Å²) in [6.45, 7) is 10.5. The molecule has 1 aromatic carbocycles. The molecule has 0 amide bonds. The van der Waals surface area contributed by atoms with Gasteiger partial charge in [-0.2, -0.15) is 22.5 Å². The zero-order valence-electron chi connectivity index (χ0n) is 21.7. The highest BCUT2D eigenvalue weighted by Crippen LogP contribution is 2.36. The molecule has 7 nitrogen and oxygen atoms in total. The third-order valence-electron chi connectivity index (χ3n) is 5.49. The van der Waals surface area contributed by atoms with Crippen molar-refractivity contribution in [2.24, 2.45) is 5.92 Å². The van der Waals surface area contributed by atoms with Crippen LogP contribution in [-0.4, -0.2) is 48.7 Å². The molecule has 11 heteroatoms. The first-order valence-corrected chi connectivity index (χ1v) is 13.0. The number of carbonyl (C=O) groups excluding carboxylic acids is 1. The van der Waals surface area contributed by atoms with Crippen LogP contribution >= 0.6 is 11.5 Å². The fourth-order valence-corrected chi connectivity index (χ4v) is 4.41. The van der Waals surface area contributed by atoms with Gasteiger partial charge in [-0.3, -0.25) is 4.79 Å². The second-order valence-electron chi connectivity index (χ2n) is 9.13. The highest BCUT2D eigenvalue weighted by Gasteiger charge is 2.36. The topological polar surface area (TPSA) is 76.6 Å². The van der Waals surface area contributed by atoms with Crippen LogP contribution in [0.25, 0.3) is 0 Å². The van der Waals surface area contributed by atoms with Gasteiger partial charge in [0.15, 0.2) is 0 Å². The maximum absolute atomic E-state index is 13.1. The summed E-state index contributed by atoms with van der Waals surface area (Å²) in [5.41, 5.74) is 2.37. The molecule has 0 aliphatic rings.